The minimum Gasteiger partial charge on any atom is -0.418 e. The number of carbonyl (C=O) groups excluding carboxylic acids is 2. The largest absolute Gasteiger partial charge is 0.418 e. The van der Waals surface area contributed by atoms with Crippen molar-refractivity contribution in [3.63, 3.8) is 0 Å². The van der Waals surface area contributed by atoms with Gasteiger partial charge in [0, 0.05) is 12.8 Å². The number of ether oxygens (including phenoxy) is 2. The number of fused-ring (bicyclic) bond motifs is 1. The number of carbonyl (C=O) groups is 2. The van der Waals surface area contributed by atoms with Crippen molar-refractivity contribution in [3.05, 3.63) is 35.4 Å². The third-order valence-electron chi connectivity index (χ3n) is 6.57. The Balaban J connectivity index is 1.99. The van der Waals surface area contributed by atoms with Crippen LogP contribution in [0, 0.1) is 16.2 Å². The van der Waals surface area contributed by atoms with Crippen LogP contribution in [0.3, 0.4) is 0 Å². The van der Waals surface area contributed by atoms with Gasteiger partial charge in [0.15, 0.2) is 0 Å². The second-order valence-corrected chi connectivity index (χ2v) is 10.1. The molecule has 3 aliphatic rings. The van der Waals surface area contributed by atoms with Gasteiger partial charge >= 0.3 is 11.9 Å². The molecule has 2 spiro atoms. The third-order valence-corrected chi connectivity index (χ3v) is 6.57. The van der Waals surface area contributed by atoms with Gasteiger partial charge in [-0.2, -0.15) is 9.78 Å². The Hall–Kier alpha value is -1.92. The highest BCUT2D eigenvalue weighted by molar-refractivity contribution is 6.04. The smallest absolute Gasteiger partial charge is 0.342 e. The van der Waals surface area contributed by atoms with E-state index in [1.807, 2.05) is 0 Å². The molecule has 0 amide bonds. The van der Waals surface area contributed by atoms with Gasteiger partial charge in [-0.05, 0) is 29.4 Å². The van der Waals surface area contributed by atoms with Gasteiger partial charge in [0.25, 0.3) is 5.79 Å². The van der Waals surface area contributed by atoms with E-state index in [0.717, 1.165) is 0 Å². The predicted molar refractivity (Wildman–Crippen MR) is 100 cm³/mol. The monoisotopic (exact) mass is 388 g/mol. The fourth-order valence-corrected chi connectivity index (χ4v) is 6.41. The first-order valence-electron chi connectivity index (χ1n) is 9.83. The summed E-state index contributed by atoms with van der Waals surface area (Å²) in [4.78, 5) is 37.6. The Bertz CT molecular complexity index is 786. The van der Waals surface area contributed by atoms with Crippen molar-refractivity contribution in [3.8, 4) is 0 Å². The third kappa shape index (κ3) is 2.22. The normalized spacial score (nSPS) is 24.9. The molecule has 0 unspecified atom stereocenters. The molecule has 0 bridgehead atoms. The molecule has 2 fully saturated rings. The van der Waals surface area contributed by atoms with Crippen LogP contribution in [0.2, 0.25) is 0 Å². The fourth-order valence-electron chi connectivity index (χ4n) is 6.41. The standard InChI is InChI=1S/C22H28O6/c1-18(2,3)22(19(4,5)6)20(12-9-13-21(22)27-28-21)25-16(23)14-10-7-8-11-15(14)17(24)26-20/h7-8,10-11H,9,12-13H2,1-6H3. The molecule has 0 atom stereocenters. The minimum absolute atomic E-state index is 0.221. The van der Waals surface area contributed by atoms with Crippen LogP contribution < -0.4 is 0 Å². The summed E-state index contributed by atoms with van der Waals surface area (Å²) >= 11 is 0. The summed E-state index contributed by atoms with van der Waals surface area (Å²) < 4.78 is 12.3. The van der Waals surface area contributed by atoms with Crippen molar-refractivity contribution >= 4 is 11.9 Å². The highest BCUT2D eigenvalue weighted by Gasteiger charge is 2.85. The minimum atomic E-state index is -1.51. The van der Waals surface area contributed by atoms with Gasteiger partial charge in [-0.1, -0.05) is 53.7 Å². The van der Waals surface area contributed by atoms with Crippen LogP contribution in [0.5, 0.6) is 0 Å². The van der Waals surface area contributed by atoms with E-state index in [-0.39, 0.29) is 11.1 Å². The quantitative estimate of drug-likeness (QED) is 0.366. The zero-order valence-corrected chi connectivity index (χ0v) is 17.4. The summed E-state index contributed by atoms with van der Waals surface area (Å²) in [6, 6.07) is 6.61. The van der Waals surface area contributed by atoms with Crippen molar-refractivity contribution < 1.29 is 28.8 Å². The molecule has 2 heterocycles. The number of hydrogen-bond acceptors (Lipinski definition) is 6. The molecule has 152 valence electrons. The lowest BCUT2D eigenvalue weighted by atomic mass is 9.44. The van der Waals surface area contributed by atoms with E-state index in [2.05, 4.69) is 41.5 Å². The first-order chi connectivity index (χ1) is 12.9. The van der Waals surface area contributed by atoms with E-state index >= 15 is 0 Å². The van der Waals surface area contributed by atoms with Crippen LogP contribution in [0.1, 0.15) is 81.5 Å². The molecule has 6 heteroatoms. The van der Waals surface area contributed by atoms with Crippen molar-refractivity contribution in [2.75, 3.05) is 0 Å². The van der Waals surface area contributed by atoms with Gasteiger partial charge in [0.1, 0.15) is 5.41 Å². The number of rotatable bonds is 0. The lowest BCUT2D eigenvalue weighted by Gasteiger charge is -2.63. The zero-order valence-electron chi connectivity index (χ0n) is 17.4. The summed E-state index contributed by atoms with van der Waals surface area (Å²) in [6.45, 7) is 12.3. The van der Waals surface area contributed by atoms with Crippen LogP contribution in [0.4, 0.5) is 0 Å². The molecular weight excluding hydrogens is 360 g/mol. The van der Waals surface area contributed by atoms with E-state index < -0.39 is 39.8 Å². The summed E-state index contributed by atoms with van der Waals surface area (Å²) in [5.74, 6) is -3.60. The average Bonchev–Trinajstić information content (AvgIpc) is 3.32. The van der Waals surface area contributed by atoms with E-state index in [1.165, 1.54) is 0 Å². The Morgan fingerprint density at radius 1 is 0.750 bits per heavy atom. The van der Waals surface area contributed by atoms with Gasteiger partial charge in [-0.3, -0.25) is 0 Å². The molecule has 28 heavy (non-hydrogen) atoms. The first-order valence-corrected chi connectivity index (χ1v) is 9.83. The lowest BCUT2D eigenvalue weighted by Crippen LogP contribution is -2.73. The van der Waals surface area contributed by atoms with Gasteiger partial charge in [-0.15, -0.1) is 0 Å². The molecule has 0 aromatic heterocycles. The number of esters is 2. The van der Waals surface area contributed by atoms with E-state index in [4.69, 9.17) is 19.2 Å². The van der Waals surface area contributed by atoms with Crippen molar-refractivity contribution in [2.45, 2.75) is 72.4 Å². The maximum atomic E-state index is 13.2. The van der Waals surface area contributed by atoms with Gasteiger partial charge in [-0.25, -0.2) is 9.59 Å². The van der Waals surface area contributed by atoms with Crippen molar-refractivity contribution in [1.29, 1.82) is 0 Å². The molecule has 0 N–H and O–H groups in total. The zero-order chi connectivity index (χ0) is 20.6. The second kappa shape index (κ2) is 5.57. The molecule has 1 aromatic carbocycles. The Kier molecular flexibility index (Phi) is 3.86. The van der Waals surface area contributed by atoms with Gasteiger partial charge in [0.05, 0.1) is 11.1 Å². The van der Waals surface area contributed by atoms with E-state index in [9.17, 15) is 9.59 Å². The highest BCUT2D eigenvalue weighted by atomic mass is 17.4. The SMILES string of the molecule is CC(C)(C)C1(C(C)(C)C)C2(CCCC13OC(=O)c1ccccc1C(=O)O3)OO2. The molecule has 1 aliphatic carbocycles. The van der Waals surface area contributed by atoms with Crippen LogP contribution in [0.25, 0.3) is 0 Å². The molecule has 0 radical (unpaired) electrons. The van der Waals surface area contributed by atoms with Crippen LogP contribution in [0.15, 0.2) is 24.3 Å². The van der Waals surface area contributed by atoms with Crippen LogP contribution in [-0.4, -0.2) is 23.5 Å². The van der Waals surface area contributed by atoms with E-state index in [0.29, 0.717) is 19.3 Å². The lowest BCUT2D eigenvalue weighted by molar-refractivity contribution is -0.342. The Morgan fingerprint density at radius 3 is 1.57 bits per heavy atom. The fraction of sp³-hybridized carbons (Fsp3) is 0.636. The van der Waals surface area contributed by atoms with Crippen LogP contribution >= 0.6 is 0 Å². The van der Waals surface area contributed by atoms with Crippen molar-refractivity contribution in [1.82, 2.24) is 0 Å². The second-order valence-electron chi connectivity index (χ2n) is 10.1. The highest BCUT2D eigenvalue weighted by Crippen LogP contribution is 2.74. The summed E-state index contributed by atoms with van der Waals surface area (Å²) in [5.41, 5.74) is -1.47. The molecule has 6 nitrogen and oxygen atoms in total. The number of hydrogen-bond donors (Lipinski definition) is 0. The summed E-state index contributed by atoms with van der Waals surface area (Å²) in [7, 11) is 0. The van der Waals surface area contributed by atoms with Gasteiger partial charge < -0.3 is 9.47 Å². The molecule has 1 saturated heterocycles. The molecule has 1 saturated carbocycles. The molecule has 1 aromatic rings. The summed E-state index contributed by atoms with van der Waals surface area (Å²) in [5, 5.41) is 0. The maximum Gasteiger partial charge on any atom is 0.342 e. The molecule has 2 aliphatic heterocycles. The average molecular weight is 388 g/mol. The Morgan fingerprint density at radius 2 is 1.18 bits per heavy atom. The first kappa shape index (κ1) is 19.4. The maximum absolute atomic E-state index is 13.2. The summed E-state index contributed by atoms with van der Waals surface area (Å²) in [6.07, 6.45) is 1.68. The van der Waals surface area contributed by atoms with Gasteiger partial charge in [0.2, 0.25) is 5.79 Å². The molecular formula is C22H28O6. The van der Waals surface area contributed by atoms with E-state index in [1.54, 1.807) is 24.3 Å². The van der Waals surface area contributed by atoms with Crippen molar-refractivity contribution in [2.24, 2.45) is 16.2 Å². The predicted octanol–water partition coefficient (Wildman–Crippen LogP) is 4.63. The Labute approximate surface area is 165 Å². The molecule has 4 rings (SSSR count). The number of benzene rings is 1. The van der Waals surface area contributed by atoms with Crippen LogP contribution in [-0.2, 0) is 19.2 Å². The topological polar surface area (TPSA) is 77.7 Å².